The van der Waals surface area contributed by atoms with Gasteiger partial charge in [0.25, 0.3) is 0 Å². The van der Waals surface area contributed by atoms with Gasteiger partial charge >= 0.3 is 0 Å². The zero-order valence-corrected chi connectivity index (χ0v) is 11.8. The summed E-state index contributed by atoms with van der Waals surface area (Å²) in [7, 11) is 3.76. The van der Waals surface area contributed by atoms with Crippen LogP contribution in [0.25, 0.3) is 0 Å². The standard InChI is InChI=1S/C14H20N6/c1-20(2)19-14-12(15)13(17-10-18-14)16-9-8-11-6-4-3-5-7-11/h3-7,10H,8-9,15H2,1-2H3,(H2,16,17,18,19). The van der Waals surface area contributed by atoms with Crippen molar-refractivity contribution < 1.29 is 0 Å². The van der Waals surface area contributed by atoms with Gasteiger partial charge < -0.3 is 16.5 Å². The van der Waals surface area contributed by atoms with Gasteiger partial charge in [0.05, 0.1) is 0 Å². The van der Waals surface area contributed by atoms with E-state index in [-0.39, 0.29) is 0 Å². The molecule has 0 amide bonds. The molecule has 0 radical (unpaired) electrons. The summed E-state index contributed by atoms with van der Waals surface area (Å²) in [6.07, 6.45) is 2.41. The Balaban J connectivity index is 1.96. The molecule has 106 valence electrons. The van der Waals surface area contributed by atoms with Gasteiger partial charge in [-0.1, -0.05) is 30.3 Å². The van der Waals surface area contributed by atoms with Crippen molar-refractivity contribution in [2.24, 2.45) is 0 Å². The highest BCUT2D eigenvalue weighted by Crippen LogP contribution is 2.22. The van der Waals surface area contributed by atoms with Gasteiger partial charge in [-0.25, -0.2) is 15.0 Å². The maximum absolute atomic E-state index is 6.03. The molecular formula is C14H20N6. The minimum Gasteiger partial charge on any atom is -0.393 e. The summed E-state index contributed by atoms with van der Waals surface area (Å²) >= 11 is 0. The van der Waals surface area contributed by atoms with Crippen LogP contribution in [-0.2, 0) is 6.42 Å². The summed E-state index contributed by atoms with van der Waals surface area (Å²) in [6, 6.07) is 10.3. The van der Waals surface area contributed by atoms with E-state index >= 15 is 0 Å². The highest BCUT2D eigenvalue weighted by atomic mass is 15.5. The Morgan fingerprint density at radius 3 is 2.50 bits per heavy atom. The topological polar surface area (TPSA) is 79.1 Å². The van der Waals surface area contributed by atoms with Gasteiger partial charge in [0.1, 0.15) is 12.0 Å². The second-order valence-electron chi connectivity index (χ2n) is 4.65. The van der Waals surface area contributed by atoms with E-state index in [2.05, 4.69) is 32.8 Å². The van der Waals surface area contributed by atoms with Crippen LogP contribution in [0.5, 0.6) is 0 Å². The number of rotatable bonds is 6. The number of hydrazine groups is 1. The second-order valence-corrected chi connectivity index (χ2v) is 4.65. The van der Waals surface area contributed by atoms with E-state index in [0.29, 0.717) is 17.3 Å². The summed E-state index contributed by atoms with van der Waals surface area (Å²) in [5.74, 6) is 1.26. The summed E-state index contributed by atoms with van der Waals surface area (Å²) < 4.78 is 0. The summed E-state index contributed by atoms with van der Waals surface area (Å²) in [6.45, 7) is 0.770. The quantitative estimate of drug-likeness (QED) is 0.693. The number of nitrogens with one attached hydrogen (secondary N) is 2. The number of aromatic nitrogens is 2. The Morgan fingerprint density at radius 1 is 1.10 bits per heavy atom. The predicted molar refractivity (Wildman–Crippen MR) is 82.4 cm³/mol. The molecule has 1 heterocycles. The van der Waals surface area contributed by atoms with Gasteiger partial charge in [-0.15, -0.1) is 0 Å². The molecular weight excluding hydrogens is 252 g/mol. The van der Waals surface area contributed by atoms with Crippen LogP contribution in [0.4, 0.5) is 17.3 Å². The van der Waals surface area contributed by atoms with Crippen molar-refractivity contribution in [1.29, 1.82) is 0 Å². The smallest absolute Gasteiger partial charge is 0.169 e. The molecule has 1 aromatic heterocycles. The molecule has 1 aromatic carbocycles. The molecule has 6 nitrogen and oxygen atoms in total. The minimum atomic E-state index is 0.522. The maximum atomic E-state index is 6.03. The van der Waals surface area contributed by atoms with E-state index < -0.39 is 0 Å². The third-order valence-corrected chi connectivity index (χ3v) is 2.76. The number of hydrogen-bond acceptors (Lipinski definition) is 6. The molecule has 4 N–H and O–H groups in total. The number of nitrogen functional groups attached to an aromatic ring is 1. The SMILES string of the molecule is CN(C)Nc1ncnc(NCCc2ccccc2)c1N. The van der Waals surface area contributed by atoms with Gasteiger partial charge in [-0.2, -0.15) is 0 Å². The lowest BCUT2D eigenvalue weighted by Crippen LogP contribution is -2.22. The van der Waals surface area contributed by atoms with Crippen LogP contribution < -0.4 is 16.5 Å². The highest BCUT2D eigenvalue weighted by molar-refractivity contribution is 5.73. The van der Waals surface area contributed by atoms with Gasteiger partial charge in [-0.05, 0) is 12.0 Å². The molecule has 2 aromatic rings. The van der Waals surface area contributed by atoms with E-state index in [4.69, 9.17) is 5.73 Å². The van der Waals surface area contributed by atoms with E-state index in [0.717, 1.165) is 13.0 Å². The van der Waals surface area contributed by atoms with Gasteiger partial charge in [0, 0.05) is 20.6 Å². The second kappa shape index (κ2) is 6.72. The first-order chi connectivity index (χ1) is 9.66. The number of anilines is 3. The number of benzene rings is 1. The summed E-state index contributed by atoms with van der Waals surface area (Å²) in [5.41, 5.74) is 10.9. The van der Waals surface area contributed by atoms with Crippen molar-refractivity contribution in [3.8, 4) is 0 Å². The van der Waals surface area contributed by atoms with Crippen LogP contribution >= 0.6 is 0 Å². The normalized spacial score (nSPS) is 10.6. The lowest BCUT2D eigenvalue weighted by Gasteiger charge is -2.16. The van der Waals surface area contributed by atoms with E-state index in [1.54, 1.807) is 5.01 Å². The van der Waals surface area contributed by atoms with Crippen LogP contribution in [0.1, 0.15) is 5.56 Å². The zero-order valence-electron chi connectivity index (χ0n) is 11.8. The van der Waals surface area contributed by atoms with Crippen molar-refractivity contribution in [2.45, 2.75) is 6.42 Å². The third-order valence-electron chi connectivity index (χ3n) is 2.76. The van der Waals surface area contributed by atoms with Crippen molar-refractivity contribution >= 4 is 17.3 Å². The van der Waals surface area contributed by atoms with E-state index in [9.17, 15) is 0 Å². The first kappa shape index (κ1) is 14.1. The average molecular weight is 272 g/mol. The maximum Gasteiger partial charge on any atom is 0.169 e. The first-order valence-corrected chi connectivity index (χ1v) is 6.49. The Kier molecular flexibility index (Phi) is 4.73. The Bertz CT molecular complexity index is 541. The highest BCUT2D eigenvalue weighted by Gasteiger charge is 2.07. The van der Waals surface area contributed by atoms with E-state index in [1.807, 2.05) is 32.3 Å². The Morgan fingerprint density at radius 2 is 1.80 bits per heavy atom. The average Bonchev–Trinajstić information content (AvgIpc) is 2.43. The molecule has 6 heteroatoms. The lowest BCUT2D eigenvalue weighted by molar-refractivity contribution is 0.492. The third kappa shape index (κ3) is 3.83. The Hall–Kier alpha value is -2.34. The Labute approximate surface area is 119 Å². The molecule has 0 aliphatic carbocycles. The molecule has 0 saturated heterocycles. The minimum absolute atomic E-state index is 0.522. The van der Waals surface area contributed by atoms with Crippen LogP contribution in [0.2, 0.25) is 0 Å². The van der Waals surface area contributed by atoms with Crippen LogP contribution in [0.15, 0.2) is 36.7 Å². The molecule has 0 bridgehead atoms. The van der Waals surface area contributed by atoms with Crippen LogP contribution in [-0.4, -0.2) is 35.6 Å². The molecule has 0 aliphatic heterocycles. The monoisotopic (exact) mass is 272 g/mol. The summed E-state index contributed by atoms with van der Waals surface area (Å²) in [4.78, 5) is 8.29. The molecule has 0 atom stereocenters. The van der Waals surface area contributed by atoms with E-state index in [1.165, 1.54) is 11.9 Å². The van der Waals surface area contributed by atoms with Crippen LogP contribution in [0.3, 0.4) is 0 Å². The van der Waals surface area contributed by atoms with Gasteiger partial charge in [0.2, 0.25) is 0 Å². The van der Waals surface area contributed by atoms with Crippen LogP contribution in [0, 0.1) is 0 Å². The molecule has 0 spiro atoms. The molecule has 20 heavy (non-hydrogen) atoms. The van der Waals surface area contributed by atoms with Gasteiger partial charge in [0.15, 0.2) is 11.6 Å². The molecule has 2 rings (SSSR count). The molecule has 0 aliphatic rings. The number of nitrogens with zero attached hydrogens (tertiary/aromatic N) is 3. The van der Waals surface area contributed by atoms with Gasteiger partial charge in [-0.3, -0.25) is 0 Å². The molecule has 0 unspecified atom stereocenters. The fraction of sp³-hybridized carbons (Fsp3) is 0.286. The van der Waals surface area contributed by atoms with Crippen molar-refractivity contribution in [1.82, 2.24) is 15.0 Å². The van der Waals surface area contributed by atoms with Crippen molar-refractivity contribution in [2.75, 3.05) is 37.1 Å². The predicted octanol–water partition coefficient (Wildman–Crippen LogP) is 1.60. The number of hydrogen-bond donors (Lipinski definition) is 3. The first-order valence-electron chi connectivity index (χ1n) is 6.49. The summed E-state index contributed by atoms with van der Waals surface area (Å²) in [5, 5.41) is 5.02. The van der Waals surface area contributed by atoms with Crippen molar-refractivity contribution in [3.05, 3.63) is 42.2 Å². The molecule has 0 fully saturated rings. The number of nitrogens with two attached hydrogens (primary N) is 1. The zero-order chi connectivity index (χ0) is 14.4. The molecule has 0 saturated carbocycles. The van der Waals surface area contributed by atoms with Crippen molar-refractivity contribution in [3.63, 3.8) is 0 Å². The fourth-order valence-corrected chi connectivity index (χ4v) is 1.81. The lowest BCUT2D eigenvalue weighted by atomic mass is 10.1. The largest absolute Gasteiger partial charge is 0.393 e. The fourth-order valence-electron chi connectivity index (χ4n) is 1.81.